The van der Waals surface area contributed by atoms with Crippen LogP contribution in [0.2, 0.25) is 0 Å². The number of urea groups is 1. The normalized spacial score (nSPS) is 21.4. The predicted molar refractivity (Wildman–Crippen MR) is 191 cm³/mol. The van der Waals surface area contributed by atoms with E-state index in [1.165, 1.54) is 7.11 Å². The van der Waals surface area contributed by atoms with Crippen LogP contribution in [0.25, 0.3) is 0 Å². The zero-order valence-electron chi connectivity index (χ0n) is 29.1. The number of ether oxygens (including phenoxy) is 3. The topological polar surface area (TPSA) is 138 Å². The fraction of sp³-hybridized carbons (Fsp3) is 0.385. The number of hydrogen-bond acceptors (Lipinski definition) is 10. The lowest BCUT2D eigenvalue weighted by Gasteiger charge is -2.44. The van der Waals surface area contributed by atoms with Gasteiger partial charge in [-0.05, 0) is 28.3 Å². The number of hydrogen-bond donors (Lipinski definition) is 3. The summed E-state index contributed by atoms with van der Waals surface area (Å²) in [5.41, 5.74) is 4.55. The van der Waals surface area contributed by atoms with Crippen LogP contribution in [0.15, 0.2) is 97.3 Å². The van der Waals surface area contributed by atoms with Crippen molar-refractivity contribution in [2.75, 3.05) is 44.7 Å². The monoisotopic (exact) mass is 694 g/mol. The Hall–Kier alpha value is -4.88. The molecule has 2 aliphatic rings. The van der Waals surface area contributed by atoms with Crippen LogP contribution in [0.4, 0.5) is 10.7 Å². The number of carbonyl (C=O) groups excluding carboxylic acids is 2. The summed E-state index contributed by atoms with van der Waals surface area (Å²) in [6, 6.07) is 25.7. The molecule has 0 aliphatic carbocycles. The first-order chi connectivity index (χ1) is 24.9. The highest BCUT2D eigenvalue weighted by molar-refractivity contribution is 5.83. The van der Waals surface area contributed by atoms with E-state index in [0.717, 1.165) is 66.5 Å². The number of nitrogens with one attached hydrogen (secondary N) is 2. The van der Waals surface area contributed by atoms with E-state index in [4.69, 9.17) is 14.2 Å². The van der Waals surface area contributed by atoms with Crippen molar-refractivity contribution in [1.29, 1.82) is 0 Å². The zero-order valence-corrected chi connectivity index (χ0v) is 29.1. The number of methoxy groups -OCH3 is 1. The van der Waals surface area contributed by atoms with E-state index in [-0.39, 0.29) is 31.3 Å². The van der Waals surface area contributed by atoms with Gasteiger partial charge in [0.2, 0.25) is 5.95 Å². The second kappa shape index (κ2) is 17.4. The summed E-state index contributed by atoms with van der Waals surface area (Å²) < 4.78 is 18.3. The van der Waals surface area contributed by atoms with Crippen molar-refractivity contribution in [3.63, 3.8) is 0 Å². The molecule has 3 aromatic carbocycles. The van der Waals surface area contributed by atoms with Gasteiger partial charge in [0.15, 0.2) is 6.29 Å². The molecule has 4 aromatic rings. The van der Waals surface area contributed by atoms with Gasteiger partial charge in [0.1, 0.15) is 6.04 Å². The van der Waals surface area contributed by atoms with E-state index in [2.05, 4.69) is 37.3 Å². The predicted octanol–water partition coefficient (Wildman–Crippen LogP) is 4.17. The van der Waals surface area contributed by atoms with Crippen LogP contribution >= 0.6 is 0 Å². The van der Waals surface area contributed by atoms with Crippen LogP contribution in [-0.4, -0.2) is 84.0 Å². The van der Waals surface area contributed by atoms with E-state index in [0.29, 0.717) is 6.42 Å². The van der Waals surface area contributed by atoms with Crippen molar-refractivity contribution in [3.05, 3.63) is 125 Å². The van der Waals surface area contributed by atoms with Crippen LogP contribution < -0.4 is 15.5 Å². The Morgan fingerprint density at radius 1 is 0.863 bits per heavy atom. The first-order valence-electron chi connectivity index (χ1n) is 17.4. The third kappa shape index (κ3) is 9.47. The molecule has 0 radical (unpaired) electrons. The van der Waals surface area contributed by atoms with Crippen molar-refractivity contribution >= 4 is 17.9 Å². The summed E-state index contributed by atoms with van der Waals surface area (Å²) in [6.07, 6.45) is 2.95. The molecular weight excluding hydrogens is 648 g/mol. The Morgan fingerprint density at radius 2 is 1.53 bits per heavy atom. The number of benzene rings is 3. The highest BCUT2D eigenvalue weighted by Crippen LogP contribution is 2.42. The Kier molecular flexibility index (Phi) is 12.2. The molecule has 51 heavy (non-hydrogen) atoms. The smallest absolute Gasteiger partial charge is 0.328 e. The fourth-order valence-corrected chi connectivity index (χ4v) is 6.54. The molecule has 2 aliphatic heterocycles. The van der Waals surface area contributed by atoms with Gasteiger partial charge >= 0.3 is 12.0 Å². The largest absolute Gasteiger partial charge is 0.467 e. The van der Waals surface area contributed by atoms with Crippen molar-refractivity contribution in [2.45, 2.75) is 51.0 Å². The Labute approximate surface area is 298 Å². The molecule has 268 valence electrons. The molecule has 3 N–H and O–H groups in total. The maximum absolute atomic E-state index is 12.8. The molecule has 5 atom stereocenters. The van der Waals surface area contributed by atoms with Crippen molar-refractivity contribution < 1.29 is 28.9 Å². The maximum Gasteiger partial charge on any atom is 0.328 e. The average Bonchev–Trinajstić information content (AvgIpc) is 3.18. The number of nitrogens with zero attached hydrogens (tertiary/aromatic N) is 4. The summed E-state index contributed by atoms with van der Waals surface area (Å²) >= 11 is 0. The molecule has 12 heteroatoms. The quantitative estimate of drug-likeness (QED) is 0.185. The number of aliphatic hydroxyl groups is 1. The zero-order chi connectivity index (χ0) is 35.6. The summed E-state index contributed by atoms with van der Waals surface area (Å²) in [5.74, 6) is 0.312. The number of anilines is 1. The van der Waals surface area contributed by atoms with Gasteiger partial charge in [-0.25, -0.2) is 19.6 Å². The van der Waals surface area contributed by atoms with Crippen molar-refractivity contribution in [2.24, 2.45) is 5.92 Å². The maximum atomic E-state index is 12.8. The van der Waals surface area contributed by atoms with Crippen molar-refractivity contribution in [3.8, 4) is 0 Å². The van der Waals surface area contributed by atoms with Crippen molar-refractivity contribution in [1.82, 2.24) is 25.5 Å². The standard InChI is InChI=1S/C39H46N6O6/c1-27-34(25-44-19-21-45(22-20-44)38-40-17-6-18-41-38)50-37(51-35(27)31-13-11-30(26-46)12-14-31)32-15-9-29(10-16-32)24-42-39(48)43-33(36(47)49-2)23-28-7-4-3-5-8-28/h3-18,27,33-35,37,46H,19-26H2,1-2H3,(H2,42,43,48). The fourth-order valence-electron chi connectivity index (χ4n) is 6.54. The van der Waals surface area contributed by atoms with E-state index >= 15 is 0 Å². The summed E-state index contributed by atoms with van der Waals surface area (Å²) in [4.78, 5) is 38.6. The molecule has 0 bridgehead atoms. The summed E-state index contributed by atoms with van der Waals surface area (Å²) in [7, 11) is 1.31. The highest BCUT2D eigenvalue weighted by atomic mass is 16.7. The molecule has 0 spiro atoms. The third-order valence-corrected chi connectivity index (χ3v) is 9.55. The lowest BCUT2D eigenvalue weighted by atomic mass is 9.90. The van der Waals surface area contributed by atoms with Gasteiger partial charge in [-0.3, -0.25) is 4.90 Å². The lowest BCUT2D eigenvalue weighted by molar-refractivity contribution is -0.276. The number of amides is 2. The van der Waals surface area contributed by atoms with Gasteiger partial charge in [0.25, 0.3) is 0 Å². The molecule has 6 rings (SSSR count). The molecular formula is C39H46N6O6. The minimum atomic E-state index is -0.815. The van der Waals surface area contributed by atoms with E-state index < -0.39 is 24.3 Å². The van der Waals surface area contributed by atoms with Gasteiger partial charge in [-0.2, -0.15) is 0 Å². The number of esters is 1. The molecule has 2 fully saturated rings. The minimum absolute atomic E-state index is 0.0157. The molecule has 2 saturated heterocycles. The first kappa shape index (κ1) is 35.9. The molecule has 1 aromatic heterocycles. The van der Waals surface area contributed by atoms with E-state index in [1.807, 2.05) is 84.9 Å². The number of aromatic nitrogens is 2. The van der Waals surface area contributed by atoms with Crippen LogP contribution in [-0.2, 0) is 38.6 Å². The highest BCUT2D eigenvalue weighted by Gasteiger charge is 2.39. The second-order valence-corrected chi connectivity index (χ2v) is 13.0. The van der Waals surface area contributed by atoms with Gasteiger partial charge in [-0.15, -0.1) is 0 Å². The SMILES string of the molecule is COC(=O)C(Cc1ccccc1)NC(=O)NCc1ccc(C2OC(CN3CCN(c4ncccn4)CC3)C(C)C(c3ccc(CO)cc3)O2)cc1. The van der Waals surface area contributed by atoms with E-state index in [9.17, 15) is 14.7 Å². The van der Waals surface area contributed by atoms with Gasteiger partial charge in [0, 0.05) is 69.6 Å². The van der Waals surface area contributed by atoms with E-state index in [1.54, 1.807) is 12.4 Å². The molecule has 12 nitrogen and oxygen atoms in total. The second-order valence-electron chi connectivity index (χ2n) is 13.0. The molecule has 0 saturated carbocycles. The van der Waals surface area contributed by atoms with Crippen LogP contribution in [0.3, 0.4) is 0 Å². The van der Waals surface area contributed by atoms with Gasteiger partial charge in [-0.1, -0.05) is 85.8 Å². The molecule has 3 heterocycles. The number of rotatable bonds is 12. The summed E-state index contributed by atoms with van der Waals surface area (Å²) in [6.45, 7) is 6.58. The number of aliphatic hydroxyl groups excluding tert-OH is 1. The van der Waals surface area contributed by atoms with Gasteiger partial charge < -0.3 is 34.9 Å². The average molecular weight is 695 g/mol. The Balaban J connectivity index is 1.09. The molecule has 2 amide bonds. The number of carbonyl (C=O) groups is 2. The number of piperazine rings is 1. The lowest BCUT2D eigenvalue weighted by Crippen LogP contribution is -2.51. The minimum Gasteiger partial charge on any atom is -0.467 e. The van der Waals surface area contributed by atoms with Gasteiger partial charge in [0.05, 0.1) is 25.9 Å². The van der Waals surface area contributed by atoms with Crippen LogP contribution in [0.1, 0.15) is 47.1 Å². The van der Waals surface area contributed by atoms with Crippen LogP contribution in [0, 0.1) is 5.92 Å². The summed E-state index contributed by atoms with van der Waals surface area (Å²) in [5, 5.41) is 15.2. The Bertz CT molecular complexity index is 1690. The molecule has 5 unspecified atom stereocenters. The third-order valence-electron chi connectivity index (χ3n) is 9.55. The van der Waals surface area contributed by atoms with Crippen LogP contribution in [0.5, 0.6) is 0 Å². The Morgan fingerprint density at radius 3 is 2.20 bits per heavy atom. The first-order valence-corrected chi connectivity index (χ1v) is 17.4.